The first-order chi connectivity index (χ1) is 4.31. The molecule has 54 valence electrons. The van der Waals surface area contributed by atoms with E-state index in [-0.39, 0.29) is 27.2 Å². The number of hydrogen-bond acceptors (Lipinski definition) is 3. The standard InChI is InChI=1S/C4H6I2NO2/c1-6-3-2-4(8)9-7-5/h2-3,7H,1H3/q-1/b3-2+. The molecule has 9 heavy (non-hydrogen) atoms. The third-order valence-corrected chi connectivity index (χ3v) is 1.76. The van der Waals surface area contributed by atoms with Crippen LogP contribution in [0, 0.1) is 0 Å². The summed E-state index contributed by atoms with van der Waals surface area (Å²) in [4.78, 5) is 16.9. The third-order valence-electron chi connectivity index (χ3n) is 0.464. The van der Waals surface area contributed by atoms with Crippen LogP contribution < -0.4 is 24.9 Å². The molecule has 0 heterocycles. The summed E-state index contributed by atoms with van der Waals surface area (Å²) in [6.07, 6.45) is 1.43. The van der Waals surface area contributed by atoms with Crippen molar-refractivity contribution in [3.63, 3.8) is 0 Å². The first-order valence-corrected chi connectivity index (χ1v) is 6.50. The third kappa shape index (κ3) is 6.52. The van der Waals surface area contributed by atoms with Crippen LogP contribution in [0.4, 0.5) is 0 Å². The predicted molar refractivity (Wildman–Crippen MR) is 38.3 cm³/mol. The molecule has 0 aliphatic heterocycles. The van der Waals surface area contributed by atoms with Gasteiger partial charge >= 0.3 is 78.5 Å². The molecule has 0 radical (unpaired) electrons. The molecule has 0 aromatic rings. The van der Waals surface area contributed by atoms with E-state index < -0.39 is 0 Å². The Balaban J connectivity index is 3.37. The Bertz CT molecular complexity index is 115. The molecule has 1 N–H and O–H groups in total. The number of rotatable bonds is 3. The summed E-state index contributed by atoms with van der Waals surface area (Å²) < 4.78 is 4.10. The molecular formula is C4H6I2NO2-. The number of nitrogens with one attached hydrogen (secondary N) is 1. The molecule has 0 aliphatic rings. The van der Waals surface area contributed by atoms with Crippen molar-refractivity contribution in [3.8, 4) is 0 Å². The molecule has 0 aromatic heterocycles. The molecule has 0 spiro atoms. The average Bonchev–Trinajstić information content (AvgIpc) is 1.85. The maximum absolute atomic E-state index is 10.4. The quantitative estimate of drug-likeness (QED) is 0.202. The zero-order valence-corrected chi connectivity index (χ0v) is 9.04. The van der Waals surface area contributed by atoms with Gasteiger partial charge < -0.3 is 0 Å². The van der Waals surface area contributed by atoms with Gasteiger partial charge in [-0.25, -0.2) is 0 Å². The number of halogens is 2. The molecule has 0 atom stereocenters. The number of carbonyl (C=O) groups is 1. The minimum atomic E-state index is -0.342. The van der Waals surface area contributed by atoms with Crippen LogP contribution in [0.15, 0.2) is 10.2 Å². The zero-order valence-electron chi connectivity index (χ0n) is 4.73. The van der Waals surface area contributed by atoms with Crippen LogP contribution in [-0.2, 0) is 9.63 Å². The van der Waals surface area contributed by atoms with E-state index >= 15 is 0 Å². The Morgan fingerprint density at radius 2 is 2.56 bits per heavy atom. The SMILES string of the molecule is C[I-]/C=C/C(=O)ONI. The molecule has 0 rings (SSSR count). The fourth-order valence-corrected chi connectivity index (χ4v) is 1.06. The van der Waals surface area contributed by atoms with Crippen LogP contribution in [0.1, 0.15) is 0 Å². The summed E-state index contributed by atoms with van der Waals surface area (Å²) in [7, 11) is 0. The Morgan fingerprint density at radius 1 is 1.89 bits per heavy atom. The number of hydrogen-bond donors (Lipinski definition) is 1. The summed E-state index contributed by atoms with van der Waals surface area (Å²) >= 11 is 1.79. The summed E-state index contributed by atoms with van der Waals surface area (Å²) in [5.74, 6) is -0.342. The maximum atomic E-state index is 10.4. The van der Waals surface area contributed by atoms with Crippen LogP contribution in [0.2, 0.25) is 0 Å². The Kier molecular flexibility index (Phi) is 7.22. The van der Waals surface area contributed by atoms with Crippen molar-refractivity contribution in [2.75, 3.05) is 4.93 Å². The molecule has 0 unspecified atom stereocenters. The fourth-order valence-electron chi connectivity index (χ4n) is 0.186. The van der Waals surface area contributed by atoms with Crippen molar-refractivity contribution >= 4 is 28.8 Å². The summed E-state index contributed by atoms with van der Waals surface area (Å²) in [6.45, 7) is 0. The topological polar surface area (TPSA) is 38.3 Å². The van der Waals surface area contributed by atoms with Gasteiger partial charge in [0, 0.05) is 0 Å². The average molecular weight is 354 g/mol. The van der Waals surface area contributed by atoms with Gasteiger partial charge in [0.25, 0.3) is 0 Å². The Morgan fingerprint density at radius 3 is 3.00 bits per heavy atom. The molecule has 0 bridgehead atoms. The normalized spacial score (nSPS) is 10.4. The summed E-state index contributed by atoms with van der Waals surface area (Å²) in [6, 6.07) is 0. The van der Waals surface area contributed by atoms with Gasteiger partial charge in [0.2, 0.25) is 0 Å². The van der Waals surface area contributed by atoms with Crippen LogP contribution >= 0.6 is 22.9 Å². The Labute approximate surface area is 77.9 Å². The van der Waals surface area contributed by atoms with Gasteiger partial charge in [0.1, 0.15) is 0 Å². The monoisotopic (exact) mass is 354 g/mol. The van der Waals surface area contributed by atoms with E-state index in [2.05, 4.69) is 13.5 Å². The summed E-state index contributed by atoms with van der Waals surface area (Å²) in [5, 5.41) is 0. The first-order valence-electron chi connectivity index (χ1n) is 2.02. The van der Waals surface area contributed by atoms with Crippen molar-refractivity contribution in [3.05, 3.63) is 10.2 Å². The van der Waals surface area contributed by atoms with E-state index in [4.69, 9.17) is 0 Å². The molecular weight excluding hydrogens is 348 g/mol. The molecule has 0 aliphatic carbocycles. The van der Waals surface area contributed by atoms with Crippen molar-refractivity contribution in [1.82, 2.24) is 3.69 Å². The van der Waals surface area contributed by atoms with Crippen LogP contribution in [-0.4, -0.2) is 10.9 Å². The molecule has 0 amide bonds. The first kappa shape index (κ1) is 9.63. The van der Waals surface area contributed by atoms with Gasteiger partial charge in [0.05, 0.1) is 0 Å². The van der Waals surface area contributed by atoms with Gasteiger partial charge in [-0.3, -0.25) is 0 Å². The second-order valence-corrected chi connectivity index (χ2v) is 3.41. The summed E-state index contributed by atoms with van der Waals surface area (Å²) in [5.41, 5.74) is 0. The molecule has 0 fully saturated rings. The second-order valence-electron chi connectivity index (χ2n) is 1.01. The molecule has 0 saturated heterocycles. The van der Waals surface area contributed by atoms with E-state index in [1.165, 1.54) is 6.08 Å². The van der Waals surface area contributed by atoms with E-state index in [1.54, 1.807) is 22.9 Å². The van der Waals surface area contributed by atoms with E-state index in [0.29, 0.717) is 0 Å². The van der Waals surface area contributed by atoms with Crippen LogP contribution in [0.3, 0.4) is 0 Å². The van der Waals surface area contributed by atoms with E-state index in [1.807, 2.05) is 4.08 Å². The molecule has 0 aromatic carbocycles. The second kappa shape index (κ2) is 6.75. The van der Waals surface area contributed by atoms with E-state index in [9.17, 15) is 4.79 Å². The van der Waals surface area contributed by atoms with Crippen molar-refractivity contribution < 1.29 is 30.8 Å². The molecule has 5 heteroatoms. The van der Waals surface area contributed by atoms with Crippen molar-refractivity contribution in [2.45, 2.75) is 0 Å². The number of alkyl halides is 1. The van der Waals surface area contributed by atoms with Gasteiger partial charge in [-0.05, 0) is 0 Å². The van der Waals surface area contributed by atoms with Crippen molar-refractivity contribution in [1.29, 1.82) is 0 Å². The van der Waals surface area contributed by atoms with Crippen LogP contribution in [0.25, 0.3) is 0 Å². The molecule has 0 saturated carbocycles. The minimum absolute atomic E-state index is 0.0508. The van der Waals surface area contributed by atoms with E-state index in [0.717, 1.165) is 0 Å². The number of carbonyl (C=O) groups excluding carboxylic acids is 1. The Hall–Kier alpha value is 0.630. The van der Waals surface area contributed by atoms with Crippen LogP contribution in [0.5, 0.6) is 0 Å². The van der Waals surface area contributed by atoms with Gasteiger partial charge in [-0.15, -0.1) is 0 Å². The van der Waals surface area contributed by atoms with Gasteiger partial charge in [-0.1, -0.05) is 0 Å². The predicted octanol–water partition coefficient (Wildman–Crippen LogP) is -2.38. The molecule has 3 nitrogen and oxygen atoms in total. The van der Waals surface area contributed by atoms with Gasteiger partial charge in [0.15, 0.2) is 0 Å². The van der Waals surface area contributed by atoms with Gasteiger partial charge in [-0.2, -0.15) is 0 Å². The fraction of sp³-hybridized carbons (Fsp3) is 0.250. The zero-order chi connectivity index (χ0) is 7.11. The van der Waals surface area contributed by atoms with Crippen molar-refractivity contribution in [2.24, 2.45) is 0 Å².